The maximum Gasteiger partial charge on any atom is 0.137 e. The lowest BCUT2D eigenvalue weighted by molar-refractivity contribution is 0.0456. The summed E-state index contributed by atoms with van der Waals surface area (Å²) in [6, 6.07) is 15.7. The van der Waals surface area contributed by atoms with Crippen molar-refractivity contribution in [1.29, 1.82) is 0 Å². The zero-order valence-corrected chi connectivity index (χ0v) is 14.4. The lowest BCUT2D eigenvalue weighted by atomic mass is 9.74. The van der Waals surface area contributed by atoms with E-state index in [1.54, 1.807) is 11.0 Å². The third kappa shape index (κ3) is 3.11. The molecule has 126 valence electrons. The van der Waals surface area contributed by atoms with Crippen LogP contribution in [-0.4, -0.2) is 19.9 Å². The minimum Gasteiger partial charge on any atom is -0.379 e. The molecule has 25 heavy (non-hydrogen) atoms. The highest BCUT2D eigenvalue weighted by Gasteiger charge is 2.39. The number of hydrogen-bond donors (Lipinski definition) is 1. The van der Waals surface area contributed by atoms with Gasteiger partial charge in [-0.25, -0.2) is 9.67 Å². The van der Waals surface area contributed by atoms with Gasteiger partial charge in [-0.1, -0.05) is 54.1 Å². The highest BCUT2D eigenvalue weighted by molar-refractivity contribution is 6.30. The monoisotopic (exact) mass is 351 g/mol. The van der Waals surface area contributed by atoms with E-state index in [1.807, 2.05) is 42.5 Å². The van der Waals surface area contributed by atoms with E-state index in [-0.39, 0.29) is 0 Å². The van der Waals surface area contributed by atoms with Crippen LogP contribution >= 0.6 is 11.6 Å². The number of aromatic nitrogens is 3. The van der Waals surface area contributed by atoms with Crippen LogP contribution in [0.5, 0.6) is 0 Å². The van der Waals surface area contributed by atoms with Crippen molar-refractivity contribution in [3.8, 4) is 0 Å². The quantitative estimate of drug-likeness (QED) is 0.779. The van der Waals surface area contributed by atoms with E-state index >= 15 is 0 Å². The van der Waals surface area contributed by atoms with Crippen LogP contribution in [0.3, 0.4) is 0 Å². The molecule has 0 fully saturated rings. The Morgan fingerprint density at radius 3 is 2.68 bits per heavy atom. The predicted molar refractivity (Wildman–Crippen MR) is 98.1 cm³/mol. The number of nitrogens with zero attached hydrogens (tertiary/aromatic N) is 3. The Bertz CT molecular complexity index is 903. The summed E-state index contributed by atoms with van der Waals surface area (Å²) in [7, 11) is 0. The van der Waals surface area contributed by atoms with E-state index in [4.69, 9.17) is 11.6 Å². The molecule has 3 aromatic rings. The fraction of sp³-hybridized carbons (Fsp3) is 0.200. The average molecular weight is 352 g/mol. The van der Waals surface area contributed by atoms with Gasteiger partial charge >= 0.3 is 0 Å². The number of aryl methyl sites for hydroxylation is 1. The molecule has 0 saturated heterocycles. The standard InChI is InChI=1S/C20H18ClN3O/c21-18-9-5-15(6-10-18)11-17-8-7-16-3-1-2-4-19(16)20(17,25)12-24-14-22-13-23-24/h1-6,9-11,13-14,25H,7-8,12H2/b17-11+/t20-/m0/s1. The van der Waals surface area contributed by atoms with Crippen LogP contribution in [-0.2, 0) is 18.6 Å². The Balaban J connectivity index is 1.81. The third-order valence-corrected chi connectivity index (χ3v) is 4.98. The van der Waals surface area contributed by atoms with Gasteiger partial charge in [-0.3, -0.25) is 0 Å². The van der Waals surface area contributed by atoms with Crippen molar-refractivity contribution in [2.45, 2.75) is 25.0 Å². The third-order valence-electron chi connectivity index (χ3n) is 4.73. The normalized spacial score (nSPS) is 21.3. The Labute approximate surface area is 151 Å². The molecule has 0 unspecified atom stereocenters. The molecule has 0 saturated carbocycles. The second kappa shape index (κ2) is 6.47. The van der Waals surface area contributed by atoms with E-state index in [9.17, 15) is 5.11 Å². The van der Waals surface area contributed by atoms with Crippen molar-refractivity contribution in [1.82, 2.24) is 14.8 Å². The van der Waals surface area contributed by atoms with Gasteiger partial charge in [0.05, 0.1) is 6.54 Å². The summed E-state index contributed by atoms with van der Waals surface area (Å²) in [6.07, 6.45) is 6.89. The summed E-state index contributed by atoms with van der Waals surface area (Å²) in [5.74, 6) is 0. The first kappa shape index (κ1) is 16.1. The lowest BCUT2D eigenvalue weighted by Gasteiger charge is -2.37. The van der Waals surface area contributed by atoms with Crippen molar-refractivity contribution in [2.24, 2.45) is 0 Å². The molecule has 0 spiro atoms. The molecule has 1 aliphatic rings. The number of benzene rings is 2. The second-order valence-corrected chi connectivity index (χ2v) is 6.77. The molecule has 4 nitrogen and oxygen atoms in total. The summed E-state index contributed by atoms with van der Waals surface area (Å²) >= 11 is 5.98. The molecule has 0 bridgehead atoms. The smallest absolute Gasteiger partial charge is 0.137 e. The Morgan fingerprint density at radius 2 is 1.92 bits per heavy atom. The molecular weight excluding hydrogens is 334 g/mol. The topological polar surface area (TPSA) is 50.9 Å². The number of hydrogen-bond acceptors (Lipinski definition) is 3. The van der Waals surface area contributed by atoms with Crippen molar-refractivity contribution < 1.29 is 5.11 Å². The minimum atomic E-state index is -1.11. The van der Waals surface area contributed by atoms with Gasteiger partial charge in [-0.15, -0.1) is 0 Å². The second-order valence-electron chi connectivity index (χ2n) is 6.33. The minimum absolute atomic E-state index is 0.337. The molecule has 0 aliphatic heterocycles. The number of rotatable bonds is 3. The van der Waals surface area contributed by atoms with Crippen LogP contribution in [0.15, 0.2) is 66.8 Å². The van der Waals surface area contributed by atoms with Crippen LogP contribution in [0, 0.1) is 0 Å². The van der Waals surface area contributed by atoms with Crippen LogP contribution in [0.2, 0.25) is 5.02 Å². The van der Waals surface area contributed by atoms with Crippen LogP contribution < -0.4 is 0 Å². The van der Waals surface area contributed by atoms with Gasteiger partial charge in [0.2, 0.25) is 0 Å². The summed E-state index contributed by atoms with van der Waals surface area (Å²) in [5, 5.41) is 16.6. The lowest BCUT2D eigenvalue weighted by Crippen LogP contribution is -2.37. The zero-order chi connectivity index (χ0) is 17.3. The van der Waals surface area contributed by atoms with Gasteiger partial charge in [0.15, 0.2) is 0 Å². The molecule has 1 atom stereocenters. The van der Waals surface area contributed by atoms with Crippen molar-refractivity contribution in [2.75, 3.05) is 0 Å². The summed E-state index contributed by atoms with van der Waals surface area (Å²) in [6.45, 7) is 0.337. The van der Waals surface area contributed by atoms with Crippen molar-refractivity contribution in [3.05, 3.63) is 88.5 Å². The maximum atomic E-state index is 11.7. The zero-order valence-electron chi connectivity index (χ0n) is 13.6. The molecule has 4 rings (SSSR count). The van der Waals surface area contributed by atoms with E-state index in [2.05, 4.69) is 22.2 Å². The van der Waals surface area contributed by atoms with Gasteiger partial charge in [0.1, 0.15) is 18.3 Å². The first-order chi connectivity index (χ1) is 12.1. The Morgan fingerprint density at radius 1 is 1.12 bits per heavy atom. The predicted octanol–water partition coefficient (Wildman–Crippen LogP) is 3.85. The fourth-order valence-electron chi connectivity index (χ4n) is 3.48. The Kier molecular flexibility index (Phi) is 4.15. The Hall–Kier alpha value is -2.43. The molecule has 1 heterocycles. The number of halogens is 1. The van der Waals surface area contributed by atoms with E-state index < -0.39 is 5.60 Å². The SMILES string of the molecule is O[C@@]1(Cn2cncn2)/C(=C/c2ccc(Cl)cc2)CCc2ccccc21. The molecule has 1 aliphatic carbocycles. The van der Waals surface area contributed by atoms with E-state index in [0.29, 0.717) is 11.6 Å². The summed E-state index contributed by atoms with van der Waals surface area (Å²) < 4.78 is 1.68. The maximum absolute atomic E-state index is 11.7. The fourth-order valence-corrected chi connectivity index (χ4v) is 3.60. The molecule has 1 aromatic heterocycles. The summed E-state index contributed by atoms with van der Waals surface area (Å²) in [4.78, 5) is 4.00. The molecule has 2 aromatic carbocycles. The first-order valence-corrected chi connectivity index (χ1v) is 8.63. The van der Waals surface area contributed by atoms with E-state index in [1.165, 1.54) is 11.9 Å². The highest BCUT2D eigenvalue weighted by atomic mass is 35.5. The van der Waals surface area contributed by atoms with E-state index in [0.717, 1.165) is 29.5 Å². The first-order valence-electron chi connectivity index (χ1n) is 8.25. The van der Waals surface area contributed by atoms with Crippen molar-refractivity contribution in [3.63, 3.8) is 0 Å². The number of aliphatic hydroxyl groups is 1. The average Bonchev–Trinajstić information content (AvgIpc) is 3.12. The highest BCUT2D eigenvalue weighted by Crippen LogP contribution is 2.41. The van der Waals surface area contributed by atoms with Gasteiger partial charge in [0.25, 0.3) is 0 Å². The van der Waals surface area contributed by atoms with Gasteiger partial charge in [-0.2, -0.15) is 5.10 Å². The molecule has 1 N–H and O–H groups in total. The van der Waals surface area contributed by atoms with Crippen molar-refractivity contribution >= 4 is 17.7 Å². The van der Waals surface area contributed by atoms with Gasteiger partial charge in [0, 0.05) is 5.02 Å². The van der Waals surface area contributed by atoms with Crippen LogP contribution in [0.4, 0.5) is 0 Å². The molecule has 0 amide bonds. The molecular formula is C20H18ClN3O. The number of fused-ring (bicyclic) bond motifs is 1. The van der Waals surface area contributed by atoms with Gasteiger partial charge < -0.3 is 5.11 Å². The molecule has 5 heteroatoms. The summed E-state index contributed by atoms with van der Waals surface area (Å²) in [5.41, 5.74) is 3.01. The van der Waals surface area contributed by atoms with Gasteiger partial charge in [-0.05, 0) is 47.2 Å². The largest absolute Gasteiger partial charge is 0.379 e. The molecule has 0 radical (unpaired) electrons. The van der Waals surface area contributed by atoms with Crippen LogP contribution in [0.25, 0.3) is 6.08 Å². The van der Waals surface area contributed by atoms with Crippen LogP contribution in [0.1, 0.15) is 23.1 Å².